The quantitative estimate of drug-likeness (QED) is 0.0261. The molecule has 0 saturated carbocycles. The summed E-state index contributed by atoms with van der Waals surface area (Å²) in [4.78, 5) is 38.2. The highest BCUT2D eigenvalue weighted by Gasteiger charge is 2.19. The van der Waals surface area contributed by atoms with Crippen LogP contribution in [0.3, 0.4) is 0 Å². The Labute approximate surface area is 472 Å². The molecule has 0 radical (unpaired) electrons. The highest BCUT2D eigenvalue weighted by atomic mass is 16.6. The number of carbonyl (C=O) groups excluding carboxylic acids is 3. The Morgan fingerprint density at radius 2 is 0.513 bits per heavy atom. The summed E-state index contributed by atoms with van der Waals surface area (Å²) in [7, 11) is 0. The zero-order valence-electron chi connectivity index (χ0n) is 50.8. The fraction of sp³-hybridized carbons (Fsp3) is 0.814. The predicted molar refractivity (Wildman–Crippen MR) is 330 cm³/mol. The smallest absolute Gasteiger partial charge is 0.306 e. The van der Waals surface area contributed by atoms with E-state index in [-0.39, 0.29) is 31.1 Å². The van der Waals surface area contributed by atoms with Crippen molar-refractivity contribution in [3.8, 4) is 0 Å². The first-order chi connectivity index (χ1) is 37.5. The monoisotopic (exact) mass is 1060 g/mol. The minimum atomic E-state index is -0.779. The lowest BCUT2D eigenvalue weighted by atomic mass is 10.0. The number of allylic oxidation sites excluding steroid dienone is 10. The van der Waals surface area contributed by atoms with Crippen molar-refractivity contribution < 1.29 is 28.6 Å². The van der Waals surface area contributed by atoms with Crippen LogP contribution >= 0.6 is 0 Å². The van der Waals surface area contributed by atoms with Gasteiger partial charge in [0.1, 0.15) is 13.2 Å². The number of ether oxygens (including phenoxy) is 3. The summed E-state index contributed by atoms with van der Waals surface area (Å²) in [6.45, 7) is 6.53. The molecule has 0 aromatic carbocycles. The molecule has 1 unspecified atom stereocenters. The van der Waals surface area contributed by atoms with Gasteiger partial charge >= 0.3 is 17.9 Å². The molecule has 0 fully saturated rings. The summed E-state index contributed by atoms with van der Waals surface area (Å²) in [5, 5.41) is 0. The summed E-state index contributed by atoms with van der Waals surface area (Å²) < 4.78 is 16.9. The highest BCUT2D eigenvalue weighted by molar-refractivity contribution is 5.71. The number of esters is 3. The van der Waals surface area contributed by atoms with E-state index >= 15 is 0 Å². The first kappa shape index (κ1) is 73.1. The minimum Gasteiger partial charge on any atom is -0.462 e. The molecule has 0 bridgehead atoms. The van der Waals surface area contributed by atoms with Crippen LogP contribution in [0.25, 0.3) is 0 Å². The SMILES string of the molecule is CC/C=C\C/C=C\C/C=C\CCCCCCCC(=O)OC(COC(=O)CCCCCCCCCCCC)COC(=O)CCCCCCCCCCCCCCCCCCCCCCC/C=C\C/C=C\CCCCCCC. The van der Waals surface area contributed by atoms with E-state index in [0.29, 0.717) is 19.3 Å². The van der Waals surface area contributed by atoms with Crippen molar-refractivity contribution in [2.24, 2.45) is 0 Å². The van der Waals surface area contributed by atoms with Gasteiger partial charge in [-0.1, -0.05) is 306 Å². The zero-order valence-corrected chi connectivity index (χ0v) is 50.8. The fourth-order valence-corrected chi connectivity index (χ4v) is 9.79. The number of unbranched alkanes of at least 4 members (excludes halogenated alkanes) is 40. The second-order valence-corrected chi connectivity index (χ2v) is 22.4. The Balaban J connectivity index is 4.05. The molecule has 0 aliphatic rings. The molecule has 0 amide bonds. The Kier molecular flexibility index (Phi) is 62.2. The summed E-state index contributed by atoms with van der Waals surface area (Å²) in [6.07, 6.45) is 82.6. The van der Waals surface area contributed by atoms with Crippen molar-refractivity contribution >= 4 is 17.9 Å². The maximum Gasteiger partial charge on any atom is 0.306 e. The second kappa shape index (κ2) is 64.6. The molecule has 1 atom stereocenters. The molecule has 0 saturated heterocycles. The Hall–Kier alpha value is -2.89. The lowest BCUT2D eigenvalue weighted by Crippen LogP contribution is -2.30. The van der Waals surface area contributed by atoms with Crippen LogP contribution in [0.1, 0.15) is 348 Å². The maximum absolute atomic E-state index is 12.8. The van der Waals surface area contributed by atoms with E-state index in [9.17, 15) is 14.4 Å². The molecule has 0 N–H and O–H groups in total. The van der Waals surface area contributed by atoms with Crippen molar-refractivity contribution in [3.05, 3.63) is 60.8 Å². The third-order valence-corrected chi connectivity index (χ3v) is 14.8. The van der Waals surface area contributed by atoms with Crippen LogP contribution in [0.2, 0.25) is 0 Å². The molecule has 0 heterocycles. The third-order valence-electron chi connectivity index (χ3n) is 14.8. The van der Waals surface area contributed by atoms with Crippen molar-refractivity contribution in [1.82, 2.24) is 0 Å². The van der Waals surface area contributed by atoms with E-state index < -0.39 is 6.10 Å². The molecule has 0 aliphatic heterocycles. The number of carbonyl (C=O) groups is 3. The van der Waals surface area contributed by atoms with Gasteiger partial charge < -0.3 is 14.2 Å². The molecule has 0 rings (SSSR count). The van der Waals surface area contributed by atoms with Crippen LogP contribution in [0.4, 0.5) is 0 Å². The van der Waals surface area contributed by atoms with Crippen molar-refractivity contribution in [2.75, 3.05) is 13.2 Å². The number of hydrogen-bond donors (Lipinski definition) is 0. The fourth-order valence-electron chi connectivity index (χ4n) is 9.79. The predicted octanol–water partition coefficient (Wildman–Crippen LogP) is 22.7. The lowest BCUT2D eigenvalue weighted by Gasteiger charge is -2.18. The topological polar surface area (TPSA) is 78.9 Å². The highest BCUT2D eigenvalue weighted by Crippen LogP contribution is 2.18. The molecular weight excluding hydrogens is 937 g/mol. The van der Waals surface area contributed by atoms with Gasteiger partial charge in [-0.15, -0.1) is 0 Å². The van der Waals surface area contributed by atoms with Crippen LogP contribution in [0.5, 0.6) is 0 Å². The molecule has 0 aromatic rings. The van der Waals surface area contributed by atoms with Gasteiger partial charge in [0.05, 0.1) is 0 Å². The van der Waals surface area contributed by atoms with Crippen molar-refractivity contribution in [3.63, 3.8) is 0 Å². The largest absolute Gasteiger partial charge is 0.462 e. The van der Waals surface area contributed by atoms with Gasteiger partial charge in [0.15, 0.2) is 6.10 Å². The van der Waals surface area contributed by atoms with Crippen LogP contribution in [0, 0.1) is 0 Å². The number of rotatable bonds is 61. The first-order valence-corrected chi connectivity index (χ1v) is 33.3. The third kappa shape index (κ3) is 62.0. The molecule has 6 heteroatoms. The molecule has 442 valence electrons. The zero-order chi connectivity index (χ0) is 55.0. The summed E-state index contributed by atoms with van der Waals surface area (Å²) in [5.74, 6) is -0.878. The van der Waals surface area contributed by atoms with Crippen LogP contribution in [-0.4, -0.2) is 37.2 Å². The molecule has 0 aliphatic carbocycles. The van der Waals surface area contributed by atoms with Gasteiger partial charge in [-0.3, -0.25) is 14.4 Å². The van der Waals surface area contributed by atoms with Gasteiger partial charge in [0, 0.05) is 19.3 Å². The van der Waals surface area contributed by atoms with Gasteiger partial charge in [0.2, 0.25) is 0 Å². The molecule has 0 aromatic heterocycles. The van der Waals surface area contributed by atoms with Crippen molar-refractivity contribution in [1.29, 1.82) is 0 Å². The van der Waals surface area contributed by atoms with Crippen molar-refractivity contribution in [2.45, 2.75) is 354 Å². The van der Waals surface area contributed by atoms with Gasteiger partial charge in [-0.25, -0.2) is 0 Å². The summed E-state index contributed by atoms with van der Waals surface area (Å²) in [5.41, 5.74) is 0. The average molecular weight is 1060 g/mol. The van der Waals surface area contributed by atoms with E-state index in [2.05, 4.69) is 81.5 Å². The molecule has 0 spiro atoms. The first-order valence-electron chi connectivity index (χ1n) is 33.3. The van der Waals surface area contributed by atoms with Crippen LogP contribution < -0.4 is 0 Å². The van der Waals surface area contributed by atoms with Gasteiger partial charge in [0.25, 0.3) is 0 Å². The van der Waals surface area contributed by atoms with Gasteiger partial charge in [-0.05, 0) is 83.5 Å². The summed E-state index contributed by atoms with van der Waals surface area (Å²) in [6, 6.07) is 0. The second-order valence-electron chi connectivity index (χ2n) is 22.4. The van der Waals surface area contributed by atoms with E-state index in [4.69, 9.17) is 14.2 Å². The van der Waals surface area contributed by atoms with E-state index in [0.717, 1.165) is 103 Å². The standard InChI is InChI=1S/C70H126O6/c1-4-7-10-13-16-19-22-24-26-27-28-29-30-31-32-33-34-35-36-37-38-39-40-41-42-43-45-46-48-51-54-57-60-63-69(72)75-66-67(65-74-68(71)62-59-56-53-50-21-18-15-12-9-6-3)76-70(73)64-61-58-55-52-49-47-44-25-23-20-17-14-11-8-5-2/h8,11,17,20,22,24-25,27-28,44,67H,4-7,9-10,12-16,18-19,21,23,26,29-43,45-66H2,1-3H3/b11-8-,20-17-,24-22-,28-27-,44-25-. The minimum absolute atomic E-state index is 0.0768. The molecule has 76 heavy (non-hydrogen) atoms. The maximum atomic E-state index is 12.8. The Bertz CT molecular complexity index is 1360. The van der Waals surface area contributed by atoms with E-state index in [1.165, 1.54) is 205 Å². The molecule has 6 nitrogen and oxygen atoms in total. The summed E-state index contributed by atoms with van der Waals surface area (Å²) >= 11 is 0. The van der Waals surface area contributed by atoms with E-state index in [1.54, 1.807) is 0 Å². The average Bonchev–Trinajstić information content (AvgIpc) is 3.42. The van der Waals surface area contributed by atoms with E-state index in [1.807, 2.05) is 0 Å². The number of hydrogen-bond acceptors (Lipinski definition) is 6. The van der Waals surface area contributed by atoms with Crippen LogP contribution in [-0.2, 0) is 28.6 Å². The normalized spacial score (nSPS) is 12.4. The van der Waals surface area contributed by atoms with Crippen LogP contribution in [0.15, 0.2) is 60.8 Å². The van der Waals surface area contributed by atoms with Gasteiger partial charge in [-0.2, -0.15) is 0 Å². The lowest BCUT2D eigenvalue weighted by molar-refractivity contribution is -0.167. The Morgan fingerprint density at radius 3 is 0.803 bits per heavy atom. The Morgan fingerprint density at radius 1 is 0.276 bits per heavy atom. The molecular formula is C70H126O6.